The lowest BCUT2D eigenvalue weighted by atomic mass is 10.1. The van der Waals surface area contributed by atoms with E-state index in [1.807, 2.05) is 38.1 Å². The van der Waals surface area contributed by atoms with E-state index in [1.54, 1.807) is 10.6 Å². The lowest BCUT2D eigenvalue weighted by Gasteiger charge is -2.05. The van der Waals surface area contributed by atoms with Gasteiger partial charge in [-0.15, -0.1) is 0 Å². The Morgan fingerprint density at radius 3 is 2.67 bits per heavy atom. The van der Waals surface area contributed by atoms with Gasteiger partial charge in [0.15, 0.2) is 0 Å². The first-order chi connectivity index (χ1) is 14.4. The van der Waals surface area contributed by atoms with Gasteiger partial charge in [-0.2, -0.15) is 4.98 Å². The van der Waals surface area contributed by atoms with Crippen LogP contribution in [0.25, 0.3) is 21.6 Å². The summed E-state index contributed by atoms with van der Waals surface area (Å²) in [5, 5.41) is 3.90. The molecule has 30 heavy (non-hydrogen) atoms. The number of thiazole rings is 1. The maximum Gasteiger partial charge on any atom is 0.308 e. The molecule has 8 nitrogen and oxygen atoms in total. The third kappa shape index (κ3) is 4.07. The maximum absolute atomic E-state index is 12.7. The molecule has 2 heterocycles. The van der Waals surface area contributed by atoms with Crippen molar-refractivity contribution in [2.45, 2.75) is 38.3 Å². The van der Waals surface area contributed by atoms with Gasteiger partial charge < -0.3 is 4.52 Å². The van der Waals surface area contributed by atoms with Crippen molar-refractivity contribution >= 4 is 31.6 Å². The number of hydrogen-bond acceptors (Lipinski definition) is 7. The first-order valence-electron chi connectivity index (χ1n) is 9.40. The number of sulfonamides is 1. The van der Waals surface area contributed by atoms with Crippen LogP contribution in [0.15, 0.2) is 56.7 Å². The van der Waals surface area contributed by atoms with Gasteiger partial charge >= 0.3 is 4.87 Å². The van der Waals surface area contributed by atoms with Gasteiger partial charge in [-0.05, 0) is 31.5 Å². The van der Waals surface area contributed by atoms with Crippen LogP contribution in [0.2, 0.25) is 0 Å². The summed E-state index contributed by atoms with van der Waals surface area (Å²) in [7, 11) is -3.81. The molecule has 2 aromatic carbocycles. The van der Waals surface area contributed by atoms with Crippen molar-refractivity contribution in [2.24, 2.45) is 0 Å². The van der Waals surface area contributed by atoms with Crippen LogP contribution in [0.3, 0.4) is 0 Å². The summed E-state index contributed by atoms with van der Waals surface area (Å²) in [6.45, 7) is 4.44. The first-order valence-corrected chi connectivity index (χ1v) is 11.7. The van der Waals surface area contributed by atoms with Crippen LogP contribution in [-0.2, 0) is 23.1 Å². The fourth-order valence-electron chi connectivity index (χ4n) is 3.04. The molecular formula is C20H20N4O4S2. The third-order valence-corrected chi connectivity index (χ3v) is 6.93. The van der Waals surface area contributed by atoms with E-state index in [0.29, 0.717) is 17.1 Å². The zero-order valence-electron chi connectivity index (χ0n) is 16.5. The highest BCUT2D eigenvalue weighted by atomic mass is 32.2. The first kappa shape index (κ1) is 20.5. The maximum atomic E-state index is 12.7. The van der Waals surface area contributed by atoms with Crippen LogP contribution in [0.5, 0.6) is 0 Å². The molecule has 0 aliphatic heterocycles. The lowest BCUT2D eigenvalue weighted by molar-refractivity contribution is 0.376. The predicted octanol–water partition coefficient (Wildman–Crippen LogP) is 3.31. The molecule has 0 atom stereocenters. The zero-order valence-corrected chi connectivity index (χ0v) is 18.1. The third-order valence-electron chi connectivity index (χ3n) is 4.59. The number of rotatable bonds is 7. The second-order valence-corrected chi connectivity index (χ2v) is 9.61. The normalized spacial score (nSPS) is 11.9. The number of aromatic nitrogens is 3. The SMILES string of the molecule is CCCn1c(=O)sc2cc(S(=O)(=O)NCc3nc(-c4ccc(C)cc4)no3)ccc21. The highest BCUT2D eigenvalue weighted by molar-refractivity contribution is 7.89. The Balaban J connectivity index is 1.52. The van der Waals surface area contributed by atoms with Crippen LogP contribution >= 0.6 is 11.3 Å². The predicted molar refractivity (Wildman–Crippen MR) is 115 cm³/mol. The fraction of sp³-hybridized carbons (Fsp3) is 0.250. The molecule has 0 aliphatic rings. The monoisotopic (exact) mass is 444 g/mol. The number of fused-ring (bicyclic) bond motifs is 1. The number of nitrogens with zero attached hydrogens (tertiary/aromatic N) is 3. The Morgan fingerprint density at radius 1 is 1.17 bits per heavy atom. The van der Waals surface area contributed by atoms with Gasteiger partial charge in [0.1, 0.15) is 0 Å². The van der Waals surface area contributed by atoms with Gasteiger partial charge in [-0.3, -0.25) is 9.36 Å². The number of hydrogen-bond donors (Lipinski definition) is 1. The number of aryl methyl sites for hydroxylation is 2. The van der Waals surface area contributed by atoms with Crippen LogP contribution in [0.4, 0.5) is 0 Å². The molecular weight excluding hydrogens is 424 g/mol. The van der Waals surface area contributed by atoms with E-state index >= 15 is 0 Å². The van der Waals surface area contributed by atoms with Gasteiger partial charge in [-0.1, -0.05) is 53.2 Å². The zero-order chi connectivity index (χ0) is 21.3. The lowest BCUT2D eigenvalue weighted by Crippen LogP contribution is -2.23. The largest absolute Gasteiger partial charge is 0.338 e. The van der Waals surface area contributed by atoms with E-state index in [-0.39, 0.29) is 22.2 Å². The van der Waals surface area contributed by atoms with Crippen molar-refractivity contribution in [1.29, 1.82) is 0 Å². The van der Waals surface area contributed by atoms with Gasteiger partial charge in [0, 0.05) is 12.1 Å². The molecule has 1 N–H and O–H groups in total. The highest BCUT2D eigenvalue weighted by Gasteiger charge is 2.18. The Labute approximate surface area is 177 Å². The molecule has 0 spiro atoms. The Hall–Kier alpha value is -2.82. The second kappa shape index (κ2) is 8.13. The molecule has 10 heteroatoms. The minimum absolute atomic E-state index is 0.0816. The molecule has 2 aromatic heterocycles. The van der Waals surface area contributed by atoms with Crippen LogP contribution < -0.4 is 9.60 Å². The Bertz CT molecular complexity index is 1350. The van der Waals surface area contributed by atoms with Crippen molar-refractivity contribution in [2.75, 3.05) is 0 Å². The minimum atomic E-state index is -3.81. The molecule has 0 aliphatic carbocycles. The summed E-state index contributed by atoms with van der Waals surface area (Å²) in [6, 6.07) is 12.3. The van der Waals surface area contributed by atoms with Crippen molar-refractivity contribution in [3.63, 3.8) is 0 Å². The summed E-state index contributed by atoms with van der Waals surface area (Å²) in [5.41, 5.74) is 2.64. The molecule has 4 aromatic rings. The summed E-state index contributed by atoms with van der Waals surface area (Å²) in [6.07, 6.45) is 0.822. The summed E-state index contributed by atoms with van der Waals surface area (Å²) >= 11 is 1.04. The van der Waals surface area contributed by atoms with Crippen LogP contribution in [-0.4, -0.2) is 23.1 Å². The quantitative estimate of drug-likeness (QED) is 0.469. The Morgan fingerprint density at radius 2 is 1.93 bits per heavy atom. The van der Waals surface area contributed by atoms with E-state index < -0.39 is 10.0 Å². The van der Waals surface area contributed by atoms with Crippen LogP contribution in [0.1, 0.15) is 24.8 Å². The molecule has 0 radical (unpaired) electrons. The standard InChI is InChI=1S/C20H20N4O4S2/c1-3-10-24-16-9-8-15(11-17(16)29-20(24)25)30(26,27)21-12-18-22-19(23-28-18)14-6-4-13(2)5-7-14/h4-9,11,21H,3,10,12H2,1-2H3. The molecule has 0 unspecified atom stereocenters. The summed E-state index contributed by atoms with van der Waals surface area (Å²) < 4.78 is 35.3. The van der Waals surface area contributed by atoms with Gasteiger partial charge in [-0.25, -0.2) is 13.1 Å². The topological polar surface area (TPSA) is 107 Å². The van der Waals surface area contributed by atoms with E-state index in [4.69, 9.17) is 4.52 Å². The fourth-order valence-corrected chi connectivity index (χ4v) is 5.07. The minimum Gasteiger partial charge on any atom is -0.338 e. The van der Waals surface area contributed by atoms with Gasteiger partial charge in [0.25, 0.3) is 0 Å². The van der Waals surface area contributed by atoms with Gasteiger partial charge in [0.2, 0.25) is 21.7 Å². The van der Waals surface area contributed by atoms with Gasteiger partial charge in [0.05, 0.1) is 21.7 Å². The average molecular weight is 445 g/mol. The highest BCUT2D eigenvalue weighted by Crippen LogP contribution is 2.22. The van der Waals surface area contributed by atoms with E-state index in [9.17, 15) is 13.2 Å². The van der Waals surface area contributed by atoms with Crippen molar-refractivity contribution in [1.82, 2.24) is 19.4 Å². The number of benzene rings is 2. The van der Waals surface area contributed by atoms with Crippen LogP contribution in [0, 0.1) is 6.92 Å². The van der Waals surface area contributed by atoms with Crippen molar-refractivity contribution in [3.05, 3.63) is 63.6 Å². The second-order valence-electron chi connectivity index (χ2n) is 6.85. The molecule has 0 amide bonds. The van der Waals surface area contributed by atoms with E-state index in [0.717, 1.165) is 34.4 Å². The molecule has 156 valence electrons. The van der Waals surface area contributed by atoms with E-state index in [2.05, 4.69) is 14.9 Å². The molecule has 0 bridgehead atoms. The van der Waals surface area contributed by atoms with E-state index in [1.165, 1.54) is 12.1 Å². The summed E-state index contributed by atoms with van der Waals surface area (Å²) in [4.78, 5) is 16.4. The smallest absolute Gasteiger partial charge is 0.308 e. The molecule has 0 saturated heterocycles. The molecule has 0 saturated carbocycles. The van der Waals surface area contributed by atoms with Crippen molar-refractivity contribution in [3.8, 4) is 11.4 Å². The number of nitrogens with one attached hydrogen (secondary N) is 1. The Kier molecular flexibility index (Phi) is 5.54. The average Bonchev–Trinajstić information content (AvgIpc) is 3.32. The summed E-state index contributed by atoms with van der Waals surface area (Å²) in [5.74, 6) is 0.557. The molecule has 4 rings (SSSR count). The molecule has 0 fully saturated rings. The van der Waals surface area contributed by atoms with Crippen molar-refractivity contribution < 1.29 is 12.9 Å².